The van der Waals surface area contributed by atoms with Gasteiger partial charge in [-0.2, -0.15) is 0 Å². The van der Waals surface area contributed by atoms with E-state index in [1.54, 1.807) is 12.1 Å². The summed E-state index contributed by atoms with van der Waals surface area (Å²) >= 11 is 0. The van der Waals surface area contributed by atoms with Gasteiger partial charge in [0.25, 0.3) is 0 Å². The molecule has 0 aromatic heterocycles. The van der Waals surface area contributed by atoms with Crippen molar-refractivity contribution in [3.05, 3.63) is 65.7 Å². The molecule has 1 aliphatic rings. The predicted octanol–water partition coefficient (Wildman–Crippen LogP) is 1.83. The molecule has 1 aliphatic heterocycles. The van der Waals surface area contributed by atoms with Crippen LogP contribution in [0.25, 0.3) is 0 Å². The number of nitrogens with zero attached hydrogens (tertiary/aromatic N) is 2. The Balaban J connectivity index is 1.38. The third-order valence-electron chi connectivity index (χ3n) is 4.55. The van der Waals surface area contributed by atoms with E-state index >= 15 is 0 Å². The maximum atomic E-state index is 12.1. The number of rotatable bonds is 6. The molecular weight excluding hydrogens is 314 g/mol. The Morgan fingerprint density at radius 2 is 1.56 bits per heavy atom. The van der Waals surface area contributed by atoms with Crippen LogP contribution in [0.4, 0.5) is 0 Å². The number of phenolic OH excluding ortho intramolecular Hbond substituents is 1. The van der Waals surface area contributed by atoms with Gasteiger partial charge in [0.1, 0.15) is 5.75 Å². The highest BCUT2D eigenvalue weighted by molar-refractivity contribution is 5.78. The van der Waals surface area contributed by atoms with Crippen molar-refractivity contribution in [1.29, 1.82) is 0 Å². The smallest absolute Gasteiger partial charge is 0.234 e. The maximum absolute atomic E-state index is 12.1. The molecule has 2 aromatic carbocycles. The predicted molar refractivity (Wildman–Crippen MR) is 98.1 cm³/mol. The molecule has 5 nitrogen and oxygen atoms in total. The normalized spacial score (nSPS) is 15.8. The third kappa shape index (κ3) is 5.31. The largest absolute Gasteiger partial charge is 0.508 e. The van der Waals surface area contributed by atoms with Gasteiger partial charge in [0.15, 0.2) is 0 Å². The molecule has 0 spiro atoms. The second kappa shape index (κ2) is 8.65. The summed E-state index contributed by atoms with van der Waals surface area (Å²) < 4.78 is 0. The lowest BCUT2D eigenvalue weighted by Gasteiger charge is -2.34. The molecule has 1 amide bonds. The van der Waals surface area contributed by atoms with E-state index in [9.17, 15) is 9.90 Å². The topological polar surface area (TPSA) is 55.8 Å². The molecular formula is C20H25N3O2. The highest BCUT2D eigenvalue weighted by Gasteiger charge is 2.19. The zero-order valence-electron chi connectivity index (χ0n) is 14.4. The van der Waals surface area contributed by atoms with Gasteiger partial charge in [0.05, 0.1) is 6.54 Å². The number of hydrogen-bond donors (Lipinski definition) is 2. The molecule has 1 fully saturated rings. The molecule has 0 radical (unpaired) electrons. The average molecular weight is 339 g/mol. The Morgan fingerprint density at radius 1 is 0.920 bits per heavy atom. The summed E-state index contributed by atoms with van der Waals surface area (Å²) in [6.45, 7) is 5.48. The third-order valence-corrected chi connectivity index (χ3v) is 4.55. The number of carbonyl (C=O) groups excluding carboxylic acids is 1. The molecule has 3 rings (SSSR count). The number of nitrogens with one attached hydrogen (secondary N) is 1. The molecule has 132 valence electrons. The molecule has 25 heavy (non-hydrogen) atoms. The number of benzene rings is 2. The average Bonchev–Trinajstić information content (AvgIpc) is 2.64. The second-order valence-electron chi connectivity index (χ2n) is 6.44. The molecule has 0 saturated carbocycles. The van der Waals surface area contributed by atoms with Gasteiger partial charge in [0.2, 0.25) is 5.91 Å². The zero-order valence-corrected chi connectivity index (χ0v) is 14.4. The van der Waals surface area contributed by atoms with Crippen LogP contribution in [-0.2, 0) is 17.9 Å². The molecule has 0 bridgehead atoms. The summed E-state index contributed by atoms with van der Waals surface area (Å²) in [6.07, 6.45) is 0. The molecule has 2 N–H and O–H groups in total. The van der Waals surface area contributed by atoms with E-state index in [4.69, 9.17) is 0 Å². The van der Waals surface area contributed by atoms with Crippen LogP contribution in [0.15, 0.2) is 54.6 Å². The Kier molecular flexibility index (Phi) is 6.04. The van der Waals surface area contributed by atoms with Gasteiger partial charge >= 0.3 is 0 Å². The van der Waals surface area contributed by atoms with Crippen LogP contribution in [0.5, 0.6) is 5.75 Å². The van der Waals surface area contributed by atoms with Crippen LogP contribution in [-0.4, -0.2) is 53.5 Å². The number of aromatic hydroxyl groups is 1. The first-order chi connectivity index (χ1) is 12.2. The van der Waals surface area contributed by atoms with Crippen molar-refractivity contribution in [1.82, 2.24) is 15.1 Å². The Labute approximate surface area is 148 Å². The molecule has 5 heteroatoms. The van der Waals surface area contributed by atoms with Crippen molar-refractivity contribution in [2.75, 3.05) is 32.7 Å². The zero-order chi connectivity index (χ0) is 17.5. The van der Waals surface area contributed by atoms with E-state index in [2.05, 4.69) is 39.4 Å². The van der Waals surface area contributed by atoms with Crippen molar-refractivity contribution in [3.63, 3.8) is 0 Å². The monoisotopic (exact) mass is 339 g/mol. The van der Waals surface area contributed by atoms with E-state index in [1.165, 1.54) is 5.56 Å². The SMILES string of the molecule is O=C(CN1CCN(Cc2ccccc2)CC1)NCc1ccccc1O. The number of hydrogen-bond acceptors (Lipinski definition) is 4. The molecule has 1 heterocycles. The molecule has 1 saturated heterocycles. The fourth-order valence-corrected chi connectivity index (χ4v) is 3.06. The summed E-state index contributed by atoms with van der Waals surface area (Å²) in [5, 5.41) is 12.6. The van der Waals surface area contributed by atoms with Gasteiger partial charge in [-0.1, -0.05) is 48.5 Å². The highest BCUT2D eigenvalue weighted by atomic mass is 16.3. The summed E-state index contributed by atoms with van der Waals surface area (Å²) in [5.41, 5.74) is 2.07. The summed E-state index contributed by atoms with van der Waals surface area (Å²) in [6, 6.07) is 17.6. The van der Waals surface area contributed by atoms with Crippen LogP contribution < -0.4 is 5.32 Å². The van der Waals surface area contributed by atoms with Crippen molar-refractivity contribution < 1.29 is 9.90 Å². The quantitative estimate of drug-likeness (QED) is 0.843. The first-order valence-electron chi connectivity index (χ1n) is 8.73. The van der Waals surface area contributed by atoms with Gasteiger partial charge in [-0.15, -0.1) is 0 Å². The number of carbonyl (C=O) groups is 1. The van der Waals surface area contributed by atoms with Gasteiger partial charge < -0.3 is 10.4 Å². The second-order valence-corrected chi connectivity index (χ2v) is 6.44. The number of piperazine rings is 1. The Bertz CT molecular complexity index is 682. The van der Waals surface area contributed by atoms with Crippen LogP contribution in [0.2, 0.25) is 0 Å². The minimum absolute atomic E-state index is 0.000220. The fraction of sp³-hybridized carbons (Fsp3) is 0.350. The lowest BCUT2D eigenvalue weighted by atomic mass is 10.2. The molecule has 2 aromatic rings. The van der Waals surface area contributed by atoms with E-state index < -0.39 is 0 Å². The van der Waals surface area contributed by atoms with Crippen LogP contribution >= 0.6 is 0 Å². The molecule has 0 atom stereocenters. The van der Waals surface area contributed by atoms with Crippen molar-refractivity contribution >= 4 is 5.91 Å². The highest BCUT2D eigenvalue weighted by Crippen LogP contribution is 2.14. The minimum atomic E-state index is -0.000220. The van der Waals surface area contributed by atoms with Crippen LogP contribution in [0.1, 0.15) is 11.1 Å². The number of amides is 1. The van der Waals surface area contributed by atoms with E-state index in [0.29, 0.717) is 13.1 Å². The Morgan fingerprint density at radius 3 is 2.28 bits per heavy atom. The summed E-state index contributed by atoms with van der Waals surface area (Å²) in [5.74, 6) is 0.220. The molecule has 0 unspecified atom stereocenters. The Hall–Kier alpha value is -2.37. The first kappa shape index (κ1) is 17.5. The van der Waals surface area contributed by atoms with Crippen molar-refractivity contribution in [2.45, 2.75) is 13.1 Å². The fourth-order valence-electron chi connectivity index (χ4n) is 3.06. The van der Waals surface area contributed by atoms with Gasteiger partial charge in [0, 0.05) is 44.8 Å². The standard InChI is InChI=1S/C20H25N3O2/c24-19-9-5-4-8-18(19)14-21-20(25)16-23-12-10-22(11-13-23)15-17-6-2-1-3-7-17/h1-9,24H,10-16H2,(H,21,25). The van der Waals surface area contributed by atoms with Gasteiger partial charge in [-0.05, 0) is 11.6 Å². The summed E-state index contributed by atoms with van der Waals surface area (Å²) in [7, 11) is 0. The molecule has 0 aliphatic carbocycles. The van der Waals surface area contributed by atoms with Gasteiger partial charge in [-0.3, -0.25) is 14.6 Å². The summed E-state index contributed by atoms with van der Waals surface area (Å²) in [4.78, 5) is 16.7. The van der Waals surface area contributed by atoms with E-state index in [-0.39, 0.29) is 11.7 Å². The van der Waals surface area contributed by atoms with Crippen molar-refractivity contribution in [3.8, 4) is 5.75 Å². The van der Waals surface area contributed by atoms with E-state index in [1.807, 2.05) is 18.2 Å². The lowest BCUT2D eigenvalue weighted by molar-refractivity contribution is -0.122. The first-order valence-corrected chi connectivity index (χ1v) is 8.73. The maximum Gasteiger partial charge on any atom is 0.234 e. The van der Waals surface area contributed by atoms with E-state index in [0.717, 1.165) is 38.3 Å². The van der Waals surface area contributed by atoms with Crippen molar-refractivity contribution in [2.24, 2.45) is 0 Å². The minimum Gasteiger partial charge on any atom is -0.508 e. The number of phenols is 1. The lowest BCUT2D eigenvalue weighted by Crippen LogP contribution is -2.49. The van der Waals surface area contributed by atoms with Crippen LogP contribution in [0.3, 0.4) is 0 Å². The number of para-hydroxylation sites is 1. The van der Waals surface area contributed by atoms with Crippen LogP contribution in [0, 0.1) is 0 Å². The van der Waals surface area contributed by atoms with Gasteiger partial charge in [-0.25, -0.2) is 0 Å².